The molecule has 1 amide bonds. The van der Waals surface area contributed by atoms with Gasteiger partial charge in [-0.1, -0.05) is 80.6 Å². The highest BCUT2D eigenvalue weighted by molar-refractivity contribution is 6.00. The summed E-state index contributed by atoms with van der Waals surface area (Å²) in [5.74, 6) is -0.289. The number of esters is 1. The highest BCUT2D eigenvalue weighted by atomic mass is 16.5. The molecule has 0 aliphatic carbocycles. The number of carbonyl (C=O) groups excluding carboxylic acids is 4. The quantitative estimate of drug-likeness (QED) is 0.0241. The molecule has 314 valence electrons. The standard InChI is InChI=1S/C26H29NO4.C22H24N2O5/c1-3-27(4-2)16-20-7-11-24-14-21(8-12-23(24)13-20)18-31-26(30)15-19-5-9-22(10-6-19)25(29)17-28;1-24(2)14-18-17-6-3-4-8-20(17)29-21(18)19(25)7-5-13-28-16-11-9-15(10-12-16)22(26)23-27/h5-14,28H,3-4,15-18H2,1-2H3;3-4,6,8-12,27H,5,7,13-14H2,1-2H3,(H,23,26). The molecule has 0 fully saturated rings. The smallest absolute Gasteiger partial charge is 0.310 e. The summed E-state index contributed by atoms with van der Waals surface area (Å²) in [4.78, 5) is 52.1. The average molecular weight is 816 g/mol. The molecule has 5 aromatic carbocycles. The highest BCUT2D eigenvalue weighted by Gasteiger charge is 2.20. The number of ether oxygens (including phenoxy) is 2. The summed E-state index contributed by atoms with van der Waals surface area (Å²) in [5.41, 5.74) is 6.96. The fourth-order valence-corrected chi connectivity index (χ4v) is 6.62. The minimum atomic E-state index is -0.582. The first kappa shape index (κ1) is 44.9. The van der Waals surface area contributed by atoms with Crippen molar-refractivity contribution < 1.29 is 43.4 Å². The molecule has 3 N–H and O–H groups in total. The van der Waals surface area contributed by atoms with Crippen LogP contribution in [0.1, 0.15) is 80.2 Å². The maximum Gasteiger partial charge on any atom is 0.310 e. The maximum absolute atomic E-state index is 12.7. The molecule has 0 radical (unpaired) electrons. The van der Waals surface area contributed by atoms with Crippen LogP contribution in [0.4, 0.5) is 0 Å². The lowest BCUT2D eigenvalue weighted by Crippen LogP contribution is -2.21. The summed E-state index contributed by atoms with van der Waals surface area (Å²) in [5, 5.41) is 20.8. The van der Waals surface area contributed by atoms with Gasteiger partial charge in [0.25, 0.3) is 5.91 Å². The van der Waals surface area contributed by atoms with E-state index < -0.39 is 12.5 Å². The molecular formula is C48H53N3O9. The number of fused-ring (bicyclic) bond motifs is 2. The minimum absolute atomic E-state index is 0.0448. The lowest BCUT2D eigenvalue weighted by atomic mass is 10.0. The average Bonchev–Trinajstić information content (AvgIpc) is 3.63. The van der Waals surface area contributed by atoms with Gasteiger partial charge in [-0.15, -0.1) is 0 Å². The predicted octanol–water partition coefficient (Wildman–Crippen LogP) is 7.80. The number of aliphatic hydroxyl groups excluding tert-OH is 1. The van der Waals surface area contributed by atoms with Crippen molar-refractivity contribution in [1.29, 1.82) is 0 Å². The molecule has 0 atom stereocenters. The molecule has 1 aromatic heterocycles. The van der Waals surface area contributed by atoms with Gasteiger partial charge in [0.05, 0.1) is 13.0 Å². The molecule has 12 heteroatoms. The summed E-state index contributed by atoms with van der Waals surface area (Å²) in [6, 6.07) is 33.3. The molecule has 6 rings (SSSR count). The number of Topliss-reactive ketones (excluding diaryl/α,β-unsaturated/α-hetero) is 2. The first-order valence-electron chi connectivity index (χ1n) is 20.0. The molecule has 0 spiro atoms. The normalized spacial score (nSPS) is 11.1. The van der Waals surface area contributed by atoms with Crippen LogP contribution in [0.2, 0.25) is 0 Å². The number of aliphatic hydroxyl groups is 1. The van der Waals surface area contributed by atoms with E-state index in [0.717, 1.165) is 52.7 Å². The van der Waals surface area contributed by atoms with Crippen LogP contribution in [0.25, 0.3) is 21.7 Å². The van der Waals surface area contributed by atoms with Crippen molar-refractivity contribution in [2.75, 3.05) is 40.4 Å². The first-order chi connectivity index (χ1) is 29.0. The molecule has 0 aliphatic heterocycles. The second-order valence-corrected chi connectivity index (χ2v) is 14.6. The number of hydrogen-bond acceptors (Lipinski definition) is 11. The third-order valence-electron chi connectivity index (χ3n) is 9.90. The Morgan fingerprint density at radius 3 is 2.02 bits per heavy atom. The number of ketones is 2. The number of nitrogens with one attached hydrogen (secondary N) is 1. The van der Waals surface area contributed by atoms with Gasteiger partial charge < -0.3 is 23.9 Å². The molecule has 0 saturated heterocycles. The SMILES string of the molecule is CCN(CC)Cc1ccc2cc(COC(=O)Cc3ccc(C(=O)CO)cc3)ccc2c1.CN(C)Cc1c(C(=O)CCCOc2ccc(C(=O)NO)cc2)oc2ccccc12. The van der Waals surface area contributed by atoms with Gasteiger partial charge in [-0.05, 0) is 104 Å². The molecule has 0 saturated carbocycles. The van der Waals surface area contributed by atoms with Crippen molar-refractivity contribution in [2.45, 2.75) is 52.8 Å². The van der Waals surface area contributed by atoms with Crippen LogP contribution in [0.5, 0.6) is 5.75 Å². The van der Waals surface area contributed by atoms with Crippen LogP contribution in [0.15, 0.2) is 114 Å². The van der Waals surface area contributed by atoms with Crippen molar-refractivity contribution in [3.05, 3.63) is 148 Å². The van der Waals surface area contributed by atoms with Gasteiger partial charge in [-0.3, -0.25) is 29.3 Å². The highest BCUT2D eigenvalue weighted by Crippen LogP contribution is 2.28. The van der Waals surface area contributed by atoms with Gasteiger partial charge in [0.1, 0.15) is 24.5 Å². The molecule has 0 unspecified atom stereocenters. The number of para-hydroxylation sites is 1. The van der Waals surface area contributed by atoms with Crippen LogP contribution in [0, 0.1) is 0 Å². The van der Waals surface area contributed by atoms with E-state index in [0.29, 0.717) is 48.6 Å². The van der Waals surface area contributed by atoms with Crippen molar-refractivity contribution >= 4 is 45.2 Å². The Labute approximate surface area is 350 Å². The summed E-state index contributed by atoms with van der Waals surface area (Å²) < 4.78 is 16.9. The number of hydrogen-bond donors (Lipinski definition) is 3. The van der Waals surface area contributed by atoms with Gasteiger partial charge in [0, 0.05) is 41.6 Å². The van der Waals surface area contributed by atoms with Crippen molar-refractivity contribution in [2.24, 2.45) is 0 Å². The summed E-state index contributed by atoms with van der Waals surface area (Å²) in [6.45, 7) is 8.03. The topological polar surface area (TPSA) is 159 Å². The number of hydroxylamine groups is 1. The van der Waals surface area contributed by atoms with Crippen LogP contribution in [-0.2, 0) is 35.6 Å². The zero-order valence-electron chi connectivity index (χ0n) is 34.6. The van der Waals surface area contributed by atoms with E-state index >= 15 is 0 Å². The van der Waals surface area contributed by atoms with E-state index in [1.165, 1.54) is 10.9 Å². The molecule has 1 heterocycles. The number of amides is 1. The number of benzene rings is 5. The molecular weight excluding hydrogens is 763 g/mol. The van der Waals surface area contributed by atoms with E-state index in [1.54, 1.807) is 54.0 Å². The third-order valence-corrected chi connectivity index (χ3v) is 9.90. The second kappa shape index (κ2) is 22.3. The van der Waals surface area contributed by atoms with E-state index in [4.69, 9.17) is 24.2 Å². The van der Waals surface area contributed by atoms with Crippen molar-refractivity contribution in [1.82, 2.24) is 15.3 Å². The number of furan rings is 1. The van der Waals surface area contributed by atoms with Gasteiger partial charge in [-0.2, -0.15) is 0 Å². The predicted molar refractivity (Wildman–Crippen MR) is 230 cm³/mol. The monoisotopic (exact) mass is 815 g/mol. The van der Waals surface area contributed by atoms with Crippen LogP contribution in [-0.4, -0.2) is 84.0 Å². The van der Waals surface area contributed by atoms with E-state index in [1.807, 2.05) is 49.3 Å². The van der Waals surface area contributed by atoms with E-state index in [-0.39, 0.29) is 30.6 Å². The van der Waals surface area contributed by atoms with E-state index in [2.05, 4.69) is 49.1 Å². The first-order valence-corrected chi connectivity index (χ1v) is 20.0. The Balaban J connectivity index is 0.000000228. The lowest BCUT2D eigenvalue weighted by Gasteiger charge is -2.18. The van der Waals surface area contributed by atoms with Gasteiger partial charge in [-0.25, -0.2) is 5.48 Å². The Hall–Kier alpha value is -6.18. The van der Waals surface area contributed by atoms with E-state index in [9.17, 15) is 19.2 Å². The fourth-order valence-electron chi connectivity index (χ4n) is 6.62. The number of nitrogens with zero attached hydrogens (tertiary/aromatic N) is 2. The third kappa shape index (κ3) is 12.7. The van der Waals surface area contributed by atoms with Crippen LogP contribution >= 0.6 is 0 Å². The zero-order valence-corrected chi connectivity index (χ0v) is 34.6. The molecule has 6 aromatic rings. The fraction of sp³-hybridized carbons (Fsp3) is 0.292. The molecule has 0 bridgehead atoms. The van der Waals surface area contributed by atoms with Crippen molar-refractivity contribution in [3.63, 3.8) is 0 Å². The Morgan fingerprint density at radius 1 is 0.733 bits per heavy atom. The van der Waals surface area contributed by atoms with Crippen molar-refractivity contribution in [3.8, 4) is 5.75 Å². The maximum atomic E-state index is 12.7. The Kier molecular flexibility index (Phi) is 16.7. The number of carbonyl (C=O) groups is 4. The van der Waals surface area contributed by atoms with Gasteiger partial charge in [0.2, 0.25) is 0 Å². The van der Waals surface area contributed by atoms with Gasteiger partial charge >= 0.3 is 5.97 Å². The Bertz CT molecular complexity index is 2370. The molecule has 0 aliphatic rings. The largest absolute Gasteiger partial charge is 0.494 e. The molecule has 60 heavy (non-hydrogen) atoms. The summed E-state index contributed by atoms with van der Waals surface area (Å²) >= 11 is 0. The summed E-state index contributed by atoms with van der Waals surface area (Å²) in [7, 11) is 3.92. The summed E-state index contributed by atoms with van der Waals surface area (Å²) in [6.07, 6.45) is 0.983. The minimum Gasteiger partial charge on any atom is -0.494 e. The van der Waals surface area contributed by atoms with Gasteiger partial charge in [0.15, 0.2) is 17.3 Å². The zero-order chi connectivity index (χ0) is 43.0. The Morgan fingerprint density at radius 2 is 1.37 bits per heavy atom. The van der Waals surface area contributed by atoms with Crippen LogP contribution < -0.4 is 10.2 Å². The van der Waals surface area contributed by atoms with Crippen LogP contribution in [0.3, 0.4) is 0 Å². The number of rotatable bonds is 19. The second-order valence-electron chi connectivity index (χ2n) is 14.6. The lowest BCUT2D eigenvalue weighted by molar-refractivity contribution is -0.144. The molecule has 12 nitrogen and oxygen atoms in total.